The van der Waals surface area contributed by atoms with Crippen molar-refractivity contribution in [3.8, 4) is 5.82 Å². The van der Waals surface area contributed by atoms with E-state index in [2.05, 4.69) is 10.3 Å². The van der Waals surface area contributed by atoms with Crippen LogP contribution in [0.1, 0.15) is 25.0 Å². The number of benzene rings is 1. The SMILES string of the molecule is CC(C)(O)c1ccc(-n2cccc(NC(=O)OCc3ccccc3)c2=O)nc1. The molecule has 0 aliphatic carbocycles. The van der Waals surface area contributed by atoms with Crippen molar-refractivity contribution in [2.75, 3.05) is 5.32 Å². The first-order valence-corrected chi connectivity index (χ1v) is 8.73. The summed E-state index contributed by atoms with van der Waals surface area (Å²) in [6.07, 6.45) is 2.34. The molecule has 3 aromatic rings. The van der Waals surface area contributed by atoms with Gasteiger partial charge in [-0.2, -0.15) is 0 Å². The van der Waals surface area contributed by atoms with Crippen LogP contribution in [0, 0.1) is 0 Å². The Morgan fingerprint density at radius 3 is 2.54 bits per heavy atom. The predicted molar refractivity (Wildman–Crippen MR) is 105 cm³/mol. The molecule has 0 unspecified atom stereocenters. The Balaban J connectivity index is 1.74. The van der Waals surface area contributed by atoms with Crippen LogP contribution < -0.4 is 10.9 Å². The normalized spacial score (nSPS) is 11.1. The highest BCUT2D eigenvalue weighted by Gasteiger charge is 2.16. The van der Waals surface area contributed by atoms with E-state index in [1.807, 2.05) is 30.3 Å². The van der Waals surface area contributed by atoms with Crippen molar-refractivity contribution in [3.63, 3.8) is 0 Å². The van der Waals surface area contributed by atoms with E-state index in [-0.39, 0.29) is 12.3 Å². The molecule has 0 aliphatic rings. The Morgan fingerprint density at radius 1 is 1.14 bits per heavy atom. The second-order valence-electron chi connectivity index (χ2n) is 6.75. The van der Waals surface area contributed by atoms with Crippen LogP contribution in [-0.4, -0.2) is 20.8 Å². The summed E-state index contributed by atoms with van der Waals surface area (Å²) in [5.74, 6) is 0.374. The fourth-order valence-corrected chi connectivity index (χ4v) is 2.53. The molecule has 28 heavy (non-hydrogen) atoms. The summed E-state index contributed by atoms with van der Waals surface area (Å²) in [6.45, 7) is 3.41. The van der Waals surface area contributed by atoms with E-state index in [4.69, 9.17) is 4.74 Å². The lowest BCUT2D eigenvalue weighted by molar-refractivity contribution is 0.0782. The molecule has 1 amide bonds. The zero-order valence-electron chi connectivity index (χ0n) is 15.6. The number of anilines is 1. The molecule has 0 atom stereocenters. The van der Waals surface area contributed by atoms with Gasteiger partial charge in [0.2, 0.25) is 0 Å². The van der Waals surface area contributed by atoms with Gasteiger partial charge in [-0.25, -0.2) is 9.78 Å². The van der Waals surface area contributed by atoms with Gasteiger partial charge in [-0.1, -0.05) is 36.4 Å². The maximum atomic E-state index is 12.7. The standard InChI is InChI=1S/C21H21N3O4/c1-21(2,27)16-10-11-18(22-13-16)24-12-6-9-17(19(24)25)23-20(26)28-14-15-7-4-3-5-8-15/h3-13,27H,14H2,1-2H3,(H,23,26). The minimum Gasteiger partial charge on any atom is -0.444 e. The number of pyridine rings is 2. The van der Waals surface area contributed by atoms with Crippen molar-refractivity contribution >= 4 is 11.8 Å². The maximum absolute atomic E-state index is 12.7. The molecular weight excluding hydrogens is 358 g/mol. The average Bonchev–Trinajstić information content (AvgIpc) is 2.68. The van der Waals surface area contributed by atoms with Crippen molar-refractivity contribution in [3.05, 3.63) is 88.5 Å². The highest BCUT2D eigenvalue weighted by molar-refractivity contribution is 5.84. The second-order valence-corrected chi connectivity index (χ2v) is 6.75. The molecular formula is C21H21N3O4. The number of hydrogen-bond acceptors (Lipinski definition) is 5. The first kappa shape index (κ1) is 19.3. The zero-order chi connectivity index (χ0) is 20.1. The van der Waals surface area contributed by atoms with Gasteiger partial charge in [-0.05, 0) is 37.6 Å². The number of nitrogens with zero attached hydrogens (tertiary/aromatic N) is 2. The Kier molecular flexibility index (Phi) is 5.56. The molecule has 3 rings (SSSR count). The molecule has 7 heteroatoms. The lowest BCUT2D eigenvalue weighted by Crippen LogP contribution is -2.25. The van der Waals surface area contributed by atoms with E-state index in [9.17, 15) is 14.7 Å². The molecule has 144 valence electrons. The van der Waals surface area contributed by atoms with Crippen LogP contribution in [0.25, 0.3) is 5.82 Å². The largest absolute Gasteiger partial charge is 0.444 e. The van der Waals surface area contributed by atoms with E-state index in [0.29, 0.717) is 11.4 Å². The summed E-state index contributed by atoms with van der Waals surface area (Å²) in [5, 5.41) is 12.5. The summed E-state index contributed by atoms with van der Waals surface area (Å²) in [6, 6.07) is 15.7. The summed E-state index contributed by atoms with van der Waals surface area (Å²) < 4.78 is 6.45. The van der Waals surface area contributed by atoms with Crippen molar-refractivity contribution in [1.82, 2.24) is 9.55 Å². The van der Waals surface area contributed by atoms with E-state index < -0.39 is 17.3 Å². The Morgan fingerprint density at radius 2 is 1.89 bits per heavy atom. The van der Waals surface area contributed by atoms with Crippen LogP contribution in [-0.2, 0) is 16.9 Å². The number of carbonyl (C=O) groups excluding carboxylic acids is 1. The van der Waals surface area contributed by atoms with Crippen molar-refractivity contribution in [2.45, 2.75) is 26.1 Å². The third-order valence-corrected chi connectivity index (χ3v) is 4.10. The number of aliphatic hydroxyl groups is 1. The summed E-state index contributed by atoms with van der Waals surface area (Å²) >= 11 is 0. The van der Waals surface area contributed by atoms with Crippen LogP contribution in [0.5, 0.6) is 0 Å². The molecule has 0 spiro atoms. The van der Waals surface area contributed by atoms with E-state index in [1.165, 1.54) is 16.8 Å². The summed E-state index contributed by atoms with van der Waals surface area (Å²) in [7, 11) is 0. The number of ether oxygens (including phenoxy) is 1. The summed E-state index contributed by atoms with van der Waals surface area (Å²) in [5.41, 5.74) is 0.0847. The van der Waals surface area contributed by atoms with Crippen LogP contribution in [0.2, 0.25) is 0 Å². The van der Waals surface area contributed by atoms with E-state index in [1.54, 1.807) is 38.2 Å². The zero-order valence-corrected chi connectivity index (χ0v) is 15.6. The lowest BCUT2D eigenvalue weighted by Gasteiger charge is -2.17. The van der Waals surface area contributed by atoms with Crippen molar-refractivity contribution in [1.29, 1.82) is 0 Å². The monoisotopic (exact) mass is 379 g/mol. The highest BCUT2D eigenvalue weighted by Crippen LogP contribution is 2.19. The predicted octanol–water partition coefficient (Wildman–Crippen LogP) is 3.21. The highest BCUT2D eigenvalue weighted by atomic mass is 16.5. The smallest absolute Gasteiger partial charge is 0.412 e. The average molecular weight is 379 g/mol. The van der Waals surface area contributed by atoms with Crippen LogP contribution >= 0.6 is 0 Å². The number of amides is 1. The minimum atomic E-state index is -1.03. The van der Waals surface area contributed by atoms with Crippen molar-refractivity contribution in [2.24, 2.45) is 0 Å². The van der Waals surface area contributed by atoms with Gasteiger partial charge in [-0.3, -0.25) is 14.7 Å². The van der Waals surface area contributed by atoms with Gasteiger partial charge in [0.1, 0.15) is 18.1 Å². The molecule has 2 aromatic heterocycles. The Labute approximate surface area is 162 Å². The van der Waals surface area contributed by atoms with Gasteiger partial charge in [-0.15, -0.1) is 0 Å². The molecule has 2 heterocycles. The molecule has 0 saturated heterocycles. The van der Waals surface area contributed by atoms with Gasteiger partial charge in [0.05, 0.1) is 5.60 Å². The molecule has 0 radical (unpaired) electrons. The minimum absolute atomic E-state index is 0.0777. The number of hydrogen-bond donors (Lipinski definition) is 2. The van der Waals surface area contributed by atoms with Gasteiger partial charge < -0.3 is 9.84 Å². The fraction of sp³-hybridized carbons (Fsp3) is 0.190. The van der Waals surface area contributed by atoms with Crippen LogP contribution in [0.4, 0.5) is 10.5 Å². The quantitative estimate of drug-likeness (QED) is 0.710. The fourth-order valence-electron chi connectivity index (χ4n) is 2.53. The number of aromatic nitrogens is 2. The second kappa shape index (κ2) is 8.06. The van der Waals surface area contributed by atoms with Gasteiger partial charge in [0, 0.05) is 18.0 Å². The van der Waals surface area contributed by atoms with Crippen LogP contribution in [0.3, 0.4) is 0 Å². The summed E-state index contributed by atoms with van der Waals surface area (Å²) in [4.78, 5) is 28.9. The molecule has 0 bridgehead atoms. The van der Waals surface area contributed by atoms with Gasteiger partial charge in [0.15, 0.2) is 0 Å². The first-order valence-electron chi connectivity index (χ1n) is 8.73. The topological polar surface area (TPSA) is 93.5 Å². The molecule has 2 N–H and O–H groups in total. The Bertz CT molecular complexity index is 1010. The lowest BCUT2D eigenvalue weighted by atomic mass is 10.0. The molecule has 1 aromatic carbocycles. The first-order chi connectivity index (χ1) is 13.3. The van der Waals surface area contributed by atoms with E-state index in [0.717, 1.165) is 5.56 Å². The molecule has 7 nitrogen and oxygen atoms in total. The number of nitrogens with one attached hydrogen (secondary N) is 1. The maximum Gasteiger partial charge on any atom is 0.412 e. The third kappa shape index (κ3) is 4.63. The van der Waals surface area contributed by atoms with Gasteiger partial charge >= 0.3 is 6.09 Å². The molecule has 0 fully saturated rings. The number of carbonyl (C=O) groups is 1. The van der Waals surface area contributed by atoms with Crippen LogP contribution in [0.15, 0.2) is 71.8 Å². The molecule has 0 aliphatic heterocycles. The van der Waals surface area contributed by atoms with E-state index >= 15 is 0 Å². The van der Waals surface area contributed by atoms with Gasteiger partial charge in [0.25, 0.3) is 5.56 Å². The Hall–Kier alpha value is -3.45. The third-order valence-electron chi connectivity index (χ3n) is 4.10. The molecule has 0 saturated carbocycles. The number of rotatable bonds is 5. The van der Waals surface area contributed by atoms with Crippen molar-refractivity contribution < 1.29 is 14.6 Å².